The maximum atomic E-state index is 15.8. The van der Waals surface area contributed by atoms with Crippen LogP contribution in [-0.4, -0.2) is 42.6 Å². The summed E-state index contributed by atoms with van der Waals surface area (Å²) in [6, 6.07) is 0. The number of nitrogens with two attached hydrogens (primary N) is 1. The fourth-order valence-electron chi connectivity index (χ4n) is 4.78. The van der Waals surface area contributed by atoms with E-state index in [0.717, 1.165) is 12.4 Å². The summed E-state index contributed by atoms with van der Waals surface area (Å²) in [4.78, 5) is 32.4. The fraction of sp³-hybridized carbons (Fsp3) is 0.348. The summed E-state index contributed by atoms with van der Waals surface area (Å²) in [6.07, 6.45) is -0.364. The minimum absolute atomic E-state index is 0.0582. The molecule has 0 spiro atoms. The summed E-state index contributed by atoms with van der Waals surface area (Å²) in [5.41, 5.74) is 2.72. The number of aromatic amines is 1. The van der Waals surface area contributed by atoms with E-state index in [0.29, 0.717) is 12.8 Å². The number of benzene rings is 1. The van der Waals surface area contributed by atoms with Crippen LogP contribution < -0.4 is 11.1 Å². The second kappa shape index (κ2) is 7.95. The fourth-order valence-corrected chi connectivity index (χ4v) is 4.78. The molecular weight excluding hydrogens is 501 g/mol. The van der Waals surface area contributed by atoms with Gasteiger partial charge in [-0.15, -0.1) is 0 Å². The first-order valence-electron chi connectivity index (χ1n) is 11.4. The molecule has 14 heteroatoms. The van der Waals surface area contributed by atoms with Gasteiger partial charge < -0.3 is 15.5 Å². The normalized spacial score (nSPS) is 20.4. The molecule has 6 rings (SSSR count). The van der Waals surface area contributed by atoms with Gasteiger partial charge in [-0.25, -0.2) is 13.8 Å². The zero-order valence-corrected chi connectivity index (χ0v) is 18.8. The van der Waals surface area contributed by atoms with Crippen LogP contribution in [0.2, 0.25) is 0 Å². The van der Waals surface area contributed by atoms with E-state index in [1.54, 1.807) is 0 Å². The van der Waals surface area contributed by atoms with Crippen LogP contribution in [0.4, 0.5) is 27.8 Å². The highest BCUT2D eigenvalue weighted by Crippen LogP contribution is 2.50. The number of primary amides is 1. The molecule has 1 aromatic carbocycles. The largest absolute Gasteiger partial charge is 0.419 e. The number of halogens is 5. The lowest BCUT2D eigenvalue weighted by Gasteiger charge is -2.21. The summed E-state index contributed by atoms with van der Waals surface area (Å²) in [6.45, 7) is 0. The number of H-pyrrole nitrogens is 1. The van der Waals surface area contributed by atoms with Crippen LogP contribution in [0.15, 0.2) is 24.8 Å². The van der Waals surface area contributed by atoms with Gasteiger partial charge in [0.15, 0.2) is 11.5 Å². The Balaban J connectivity index is 1.51. The molecule has 3 atom stereocenters. The number of amides is 2. The highest BCUT2D eigenvalue weighted by molar-refractivity contribution is 6.00. The summed E-state index contributed by atoms with van der Waals surface area (Å²) in [5, 5.41) is 8.73. The van der Waals surface area contributed by atoms with Gasteiger partial charge in [0.1, 0.15) is 17.6 Å². The Kier molecular flexibility index (Phi) is 5.01. The first-order valence-corrected chi connectivity index (χ1v) is 11.4. The SMILES string of the molecule is NC(=O)C(c1c(F)c(C(F)(F)F)c(-c2cn3cc(NC(=O)[C@@H]4C[C@@H]4F)nc3cn2)c2cn[nH]c12)C1CC1. The Bertz CT molecular complexity index is 1590. The number of hydrogen-bond acceptors (Lipinski definition) is 5. The highest BCUT2D eigenvalue weighted by atomic mass is 19.4. The minimum Gasteiger partial charge on any atom is -0.369 e. The Labute approximate surface area is 204 Å². The van der Waals surface area contributed by atoms with Gasteiger partial charge >= 0.3 is 6.18 Å². The van der Waals surface area contributed by atoms with Crippen LogP contribution in [-0.2, 0) is 15.8 Å². The number of alkyl halides is 4. The van der Waals surface area contributed by atoms with E-state index in [-0.39, 0.29) is 40.4 Å². The van der Waals surface area contributed by atoms with Crippen LogP contribution in [0.5, 0.6) is 0 Å². The van der Waals surface area contributed by atoms with E-state index in [4.69, 9.17) is 5.73 Å². The Morgan fingerprint density at radius 1 is 1.22 bits per heavy atom. The molecule has 2 aliphatic rings. The molecule has 37 heavy (non-hydrogen) atoms. The quantitative estimate of drug-likeness (QED) is 0.335. The number of anilines is 1. The average Bonchev–Trinajstić information content (AvgIpc) is 3.69. The van der Waals surface area contributed by atoms with Crippen molar-refractivity contribution in [2.75, 3.05) is 5.32 Å². The van der Waals surface area contributed by atoms with Crippen molar-refractivity contribution >= 4 is 34.2 Å². The molecule has 0 aliphatic heterocycles. The smallest absolute Gasteiger partial charge is 0.369 e. The molecule has 3 heterocycles. The molecule has 2 saturated carbocycles. The molecule has 2 aliphatic carbocycles. The number of carbonyl (C=O) groups is 2. The number of nitrogens with one attached hydrogen (secondary N) is 2. The number of fused-ring (bicyclic) bond motifs is 2. The third-order valence-electron chi connectivity index (χ3n) is 6.78. The maximum absolute atomic E-state index is 15.8. The monoisotopic (exact) mass is 519 g/mol. The van der Waals surface area contributed by atoms with Crippen LogP contribution in [0.1, 0.15) is 36.3 Å². The molecule has 4 aromatic rings. The third kappa shape index (κ3) is 3.86. The average molecular weight is 519 g/mol. The first kappa shape index (κ1) is 23.3. The second-order valence-corrected chi connectivity index (χ2v) is 9.36. The molecule has 9 nitrogen and oxygen atoms in total. The summed E-state index contributed by atoms with van der Waals surface area (Å²) >= 11 is 0. The lowest BCUT2D eigenvalue weighted by atomic mass is 9.86. The number of carbonyl (C=O) groups excluding carboxylic acids is 2. The van der Waals surface area contributed by atoms with Crippen molar-refractivity contribution in [2.45, 2.75) is 37.5 Å². The van der Waals surface area contributed by atoms with Crippen molar-refractivity contribution < 1.29 is 31.5 Å². The predicted octanol–water partition coefficient (Wildman–Crippen LogP) is 3.71. The maximum Gasteiger partial charge on any atom is 0.419 e. The van der Waals surface area contributed by atoms with Crippen LogP contribution in [0.3, 0.4) is 0 Å². The van der Waals surface area contributed by atoms with Gasteiger partial charge in [-0.1, -0.05) is 0 Å². The topological polar surface area (TPSA) is 131 Å². The zero-order chi connectivity index (χ0) is 26.2. The Morgan fingerprint density at radius 2 is 1.95 bits per heavy atom. The molecule has 192 valence electrons. The Morgan fingerprint density at radius 3 is 2.57 bits per heavy atom. The summed E-state index contributed by atoms with van der Waals surface area (Å²) in [5.74, 6) is -5.39. The molecule has 1 unspecified atom stereocenters. The van der Waals surface area contributed by atoms with Crippen molar-refractivity contribution in [1.29, 1.82) is 0 Å². The van der Waals surface area contributed by atoms with Crippen molar-refractivity contribution in [3.8, 4) is 11.3 Å². The van der Waals surface area contributed by atoms with Crippen molar-refractivity contribution in [3.05, 3.63) is 41.7 Å². The second-order valence-electron chi connectivity index (χ2n) is 9.36. The van der Waals surface area contributed by atoms with Gasteiger partial charge in [-0.2, -0.15) is 18.3 Å². The minimum atomic E-state index is -5.15. The van der Waals surface area contributed by atoms with Crippen LogP contribution in [0.25, 0.3) is 27.8 Å². The predicted molar refractivity (Wildman–Crippen MR) is 119 cm³/mol. The van der Waals surface area contributed by atoms with E-state index in [1.165, 1.54) is 16.8 Å². The lowest BCUT2D eigenvalue weighted by molar-refractivity contribution is -0.139. The van der Waals surface area contributed by atoms with E-state index in [2.05, 4.69) is 25.5 Å². The number of imidazole rings is 1. The molecular formula is C23H18F5N7O2. The van der Waals surface area contributed by atoms with Gasteiger partial charge in [0.25, 0.3) is 0 Å². The molecule has 2 fully saturated rings. The number of nitrogens with zero attached hydrogens (tertiary/aromatic N) is 4. The van der Waals surface area contributed by atoms with Crippen molar-refractivity contribution in [2.24, 2.45) is 17.6 Å². The zero-order valence-electron chi connectivity index (χ0n) is 18.8. The van der Waals surface area contributed by atoms with E-state index < -0.39 is 58.5 Å². The summed E-state index contributed by atoms with van der Waals surface area (Å²) in [7, 11) is 0. The Hall–Kier alpha value is -4.10. The van der Waals surface area contributed by atoms with Gasteiger partial charge in [-0.05, 0) is 25.2 Å². The molecule has 3 aromatic heterocycles. The number of rotatable bonds is 6. The molecule has 0 radical (unpaired) electrons. The van der Waals surface area contributed by atoms with Crippen LogP contribution >= 0.6 is 0 Å². The number of hydrogen-bond donors (Lipinski definition) is 3. The molecule has 0 saturated heterocycles. The van der Waals surface area contributed by atoms with E-state index in [9.17, 15) is 27.2 Å². The molecule has 4 N–H and O–H groups in total. The third-order valence-corrected chi connectivity index (χ3v) is 6.78. The first-order chi connectivity index (χ1) is 17.5. The van der Waals surface area contributed by atoms with Crippen LogP contribution in [0, 0.1) is 17.7 Å². The van der Waals surface area contributed by atoms with Gasteiger partial charge in [0, 0.05) is 22.7 Å². The standard InChI is InChI=1S/C23H18F5N7O2/c24-11-3-9(11)22(37)33-13-7-35-6-12(30-5-14(35)32-13)16-10-4-31-34-20(10)17(15(21(29)36)8-1-2-8)19(25)18(16)23(26,27)28/h4-9,11,15H,1-3H2,(H2,29,36)(H,31,34)(H,33,37)/t9-,11+,15?/m1/s1. The molecule has 2 amide bonds. The molecule has 0 bridgehead atoms. The van der Waals surface area contributed by atoms with Gasteiger partial charge in [0.05, 0.1) is 41.6 Å². The van der Waals surface area contributed by atoms with Crippen molar-refractivity contribution in [3.63, 3.8) is 0 Å². The summed E-state index contributed by atoms with van der Waals surface area (Å²) < 4.78 is 73.3. The lowest BCUT2D eigenvalue weighted by Crippen LogP contribution is -2.26. The van der Waals surface area contributed by atoms with Gasteiger partial charge in [-0.3, -0.25) is 19.7 Å². The van der Waals surface area contributed by atoms with Crippen molar-refractivity contribution in [1.82, 2.24) is 24.6 Å². The highest BCUT2D eigenvalue weighted by Gasteiger charge is 2.46. The van der Waals surface area contributed by atoms with Gasteiger partial charge in [0.2, 0.25) is 11.8 Å². The van der Waals surface area contributed by atoms with E-state index in [1.807, 2.05) is 0 Å². The van der Waals surface area contributed by atoms with E-state index >= 15 is 4.39 Å². The number of aromatic nitrogens is 5.